The molecule has 2 atom stereocenters. The molecule has 1 aromatic rings. The summed E-state index contributed by atoms with van der Waals surface area (Å²) < 4.78 is 2.06. The van der Waals surface area contributed by atoms with Crippen molar-refractivity contribution in [3.8, 4) is 0 Å². The number of nitrogens with zero attached hydrogens (tertiary/aromatic N) is 2. The molecular weight excluding hydrogens is 346 g/mol. The highest BCUT2D eigenvalue weighted by Gasteiger charge is 2.31. The molecule has 0 spiro atoms. The van der Waals surface area contributed by atoms with Gasteiger partial charge in [0, 0.05) is 15.1 Å². The average Bonchev–Trinajstić information content (AvgIpc) is 2.30. The molecule has 2 N–H and O–H groups in total. The van der Waals surface area contributed by atoms with E-state index in [1.54, 1.807) is 0 Å². The van der Waals surface area contributed by atoms with Crippen LogP contribution < -0.4 is 5.73 Å². The lowest BCUT2D eigenvalue weighted by molar-refractivity contribution is 0.121. The van der Waals surface area contributed by atoms with Crippen LogP contribution in [0.2, 0.25) is 0 Å². The number of rotatable bonds is 2. The Bertz CT molecular complexity index is 397. The van der Waals surface area contributed by atoms with Crippen molar-refractivity contribution >= 4 is 31.9 Å². The maximum atomic E-state index is 5.89. The van der Waals surface area contributed by atoms with E-state index in [-0.39, 0.29) is 0 Å². The highest BCUT2D eigenvalue weighted by atomic mass is 79.9. The first-order chi connectivity index (χ1) is 8.13. The normalized spacial score (nSPS) is 26.1. The third-order valence-corrected chi connectivity index (χ3v) is 4.50. The van der Waals surface area contributed by atoms with Crippen molar-refractivity contribution in [1.29, 1.82) is 0 Å². The van der Waals surface area contributed by atoms with Crippen LogP contribution in [-0.4, -0.2) is 30.0 Å². The van der Waals surface area contributed by atoms with E-state index in [0.717, 1.165) is 27.7 Å². The van der Waals surface area contributed by atoms with Crippen LogP contribution in [0, 0.1) is 5.92 Å². The molecule has 0 saturated carbocycles. The minimum atomic E-state index is 0.330. The Balaban J connectivity index is 2.34. The van der Waals surface area contributed by atoms with Gasteiger partial charge in [0.25, 0.3) is 0 Å². The number of piperidine rings is 1. The molecule has 1 saturated heterocycles. The predicted molar refractivity (Wildman–Crippen MR) is 76.8 cm³/mol. The van der Waals surface area contributed by atoms with E-state index in [0.29, 0.717) is 12.0 Å². The fourth-order valence-electron chi connectivity index (χ4n) is 2.58. The van der Waals surface area contributed by atoms with Crippen LogP contribution in [0.25, 0.3) is 0 Å². The lowest BCUT2D eigenvalue weighted by atomic mass is 9.87. The highest BCUT2D eigenvalue weighted by Crippen LogP contribution is 2.37. The second kappa shape index (κ2) is 5.78. The zero-order valence-corrected chi connectivity index (χ0v) is 13.0. The summed E-state index contributed by atoms with van der Waals surface area (Å²) in [4.78, 5) is 6.92. The highest BCUT2D eigenvalue weighted by molar-refractivity contribution is 9.11. The molecular formula is C12H17Br2N3. The predicted octanol–water partition coefficient (Wildman–Crippen LogP) is 2.95. The van der Waals surface area contributed by atoms with E-state index in [4.69, 9.17) is 5.73 Å². The van der Waals surface area contributed by atoms with Gasteiger partial charge in [-0.05, 0) is 76.8 Å². The van der Waals surface area contributed by atoms with Crippen molar-refractivity contribution < 1.29 is 0 Å². The Labute approximate surface area is 119 Å². The maximum Gasteiger partial charge on any atom is 0.0721 e. The fraction of sp³-hybridized carbons (Fsp3) is 0.583. The topological polar surface area (TPSA) is 42.1 Å². The summed E-state index contributed by atoms with van der Waals surface area (Å²) in [7, 11) is 2.16. The molecule has 2 rings (SSSR count). The van der Waals surface area contributed by atoms with E-state index in [1.165, 1.54) is 12.8 Å². The number of aromatic nitrogens is 1. The van der Waals surface area contributed by atoms with Gasteiger partial charge in [0.05, 0.1) is 11.7 Å². The van der Waals surface area contributed by atoms with Crippen molar-refractivity contribution in [3.05, 3.63) is 26.9 Å². The summed E-state index contributed by atoms with van der Waals surface area (Å²) in [5, 5.41) is 0. The number of nitrogens with two attached hydrogens (primary N) is 1. The zero-order chi connectivity index (χ0) is 12.4. The van der Waals surface area contributed by atoms with Gasteiger partial charge >= 0.3 is 0 Å². The van der Waals surface area contributed by atoms with Gasteiger partial charge in [0.15, 0.2) is 0 Å². The van der Waals surface area contributed by atoms with Gasteiger partial charge in [0.1, 0.15) is 0 Å². The molecule has 1 aliphatic rings. The second-order valence-electron chi connectivity index (χ2n) is 4.58. The van der Waals surface area contributed by atoms with Gasteiger partial charge in [-0.25, -0.2) is 0 Å². The molecule has 0 amide bonds. The molecule has 0 bridgehead atoms. The molecule has 5 heteroatoms. The number of hydrogen-bond acceptors (Lipinski definition) is 3. The molecule has 0 aliphatic carbocycles. The van der Waals surface area contributed by atoms with Crippen LogP contribution in [0.15, 0.2) is 21.2 Å². The van der Waals surface area contributed by atoms with E-state index < -0.39 is 0 Å². The number of likely N-dealkylation sites (tertiary alicyclic amines) is 1. The Morgan fingerprint density at radius 3 is 2.94 bits per heavy atom. The summed E-state index contributed by atoms with van der Waals surface area (Å²) in [6.45, 7) is 1.84. The van der Waals surface area contributed by atoms with E-state index >= 15 is 0 Å². The van der Waals surface area contributed by atoms with Gasteiger partial charge in [-0.3, -0.25) is 9.88 Å². The van der Waals surface area contributed by atoms with Crippen LogP contribution >= 0.6 is 31.9 Å². The number of halogens is 2. The van der Waals surface area contributed by atoms with Crippen LogP contribution in [0.4, 0.5) is 0 Å². The molecule has 0 radical (unpaired) electrons. The summed E-state index contributed by atoms with van der Waals surface area (Å²) in [5.74, 6) is 0.499. The standard InChI is InChI=1S/C12H17Br2N3/c1-17-4-2-3-8(6-15)12(17)11-10(14)5-9(13)7-16-11/h5,7-8,12H,2-4,6,15H2,1H3. The number of hydrogen-bond donors (Lipinski definition) is 1. The summed E-state index contributed by atoms with van der Waals surface area (Å²) in [5.41, 5.74) is 7.00. The Morgan fingerprint density at radius 1 is 1.53 bits per heavy atom. The first-order valence-electron chi connectivity index (χ1n) is 5.84. The Morgan fingerprint density at radius 2 is 2.29 bits per heavy atom. The third-order valence-electron chi connectivity index (χ3n) is 3.43. The molecule has 2 heterocycles. The molecule has 0 aromatic carbocycles. The smallest absolute Gasteiger partial charge is 0.0721 e. The van der Waals surface area contributed by atoms with E-state index in [1.807, 2.05) is 6.20 Å². The maximum absolute atomic E-state index is 5.89. The minimum absolute atomic E-state index is 0.330. The molecule has 2 unspecified atom stereocenters. The first-order valence-corrected chi connectivity index (χ1v) is 7.43. The first kappa shape index (κ1) is 13.5. The fourth-order valence-corrected chi connectivity index (χ4v) is 3.80. The van der Waals surface area contributed by atoms with E-state index in [9.17, 15) is 0 Å². The van der Waals surface area contributed by atoms with Gasteiger partial charge < -0.3 is 5.73 Å². The van der Waals surface area contributed by atoms with Gasteiger partial charge in [-0.2, -0.15) is 0 Å². The lowest BCUT2D eigenvalue weighted by Crippen LogP contribution is -2.39. The SMILES string of the molecule is CN1CCCC(CN)C1c1ncc(Br)cc1Br. The zero-order valence-electron chi connectivity index (χ0n) is 9.87. The van der Waals surface area contributed by atoms with Crippen molar-refractivity contribution in [2.24, 2.45) is 11.7 Å². The van der Waals surface area contributed by atoms with Crippen molar-refractivity contribution in [2.75, 3.05) is 20.1 Å². The number of pyridine rings is 1. The Kier molecular flexibility index (Phi) is 4.58. The van der Waals surface area contributed by atoms with Crippen LogP contribution in [0.5, 0.6) is 0 Å². The van der Waals surface area contributed by atoms with Crippen molar-refractivity contribution in [1.82, 2.24) is 9.88 Å². The van der Waals surface area contributed by atoms with Crippen LogP contribution in [0.1, 0.15) is 24.6 Å². The molecule has 1 fully saturated rings. The lowest BCUT2D eigenvalue weighted by Gasteiger charge is -2.38. The summed E-state index contributed by atoms with van der Waals surface area (Å²) in [6, 6.07) is 2.38. The van der Waals surface area contributed by atoms with Crippen molar-refractivity contribution in [3.63, 3.8) is 0 Å². The van der Waals surface area contributed by atoms with Gasteiger partial charge in [-0.15, -0.1) is 0 Å². The van der Waals surface area contributed by atoms with E-state index in [2.05, 4.69) is 54.9 Å². The third kappa shape index (κ3) is 2.89. The van der Waals surface area contributed by atoms with Gasteiger partial charge in [0.2, 0.25) is 0 Å². The van der Waals surface area contributed by atoms with Crippen LogP contribution in [0.3, 0.4) is 0 Å². The molecule has 94 valence electrons. The van der Waals surface area contributed by atoms with Crippen molar-refractivity contribution in [2.45, 2.75) is 18.9 Å². The second-order valence-corrected chi connectivity index (χ2v) is 6.35. The Hall–Kier alpha value is 0.0300. The van der Waals surface area contributed by atoms with Gasteiger partial charge in [-0.1, -0.05) is 0 Å². The molecule has 1 aromatic heterocycles. The quantitative estimate of drug-likeness (QED) is 0.879. The average molecular weight is 363 g/mol. The largest absolute Gasteiger partial charge is 0.330 e. The molecule has 1 aliphatic heterocycles. The summed E-state index contributed by atoms with van der Waals surface area (Å²) in [6.07, 6.45) is 4.27. The summed E-state index contributed by atoms with van der Waals surface area (Å²) >= 11 is 7.04. The molecule has 17 heavy (non-hydrogen) atoms. The molecule has 3 nitrogen and oxygen atoms in total. The van der Waals surface area contributed by atoms with Crippen LogP contribution in [-0.2, 0) is 0 Å². The minimum Gasteiger partial charge on any atom is -0.330 e. The monoisotopic (exact) mass is 361 g/mol.